The van der Waals surface area contributed by atoms with Crippen LogP contribution in [0.1, 0.15) is 25.8 Å². The van der Waals surface area contributed by atoms with Crippen molar-refractivity contribution in [2.24, 2.45) is 5.92 Å². The molecule has 18 heavy (non-hydrogen) atoms. The van der Waals surface area contributed by atoms with Crippen molar-refractivity contribution in [2.45, 2.75) is 26.7 Å². The third-order valence-electron chi connectivity index (χ3n) is 2.64. The van der Waals surface area contributed by atoms with Crippen molar-refractivity contribution in [1.29, 1.82) is 0 Å². The van der Waals surface area contributed by atoms with Gasteiger partial charge >= 0.3 is 0 Å². The number of sulfonamides is 1. The van der Waals surface area contributed by atoms with E-state index >= 15 is 0 Å². The van der Waals surface area contributed by atoms with Crippen LogP contribution in [0.2, 0.25) is 0 Å². The Hall–Kier alpha value is -0.940. The van der Waals surface area contributed by atoms with E-state index in [1.165, 1.54) is 6.07 Å². The van der Waals surface area contributed by atoms with Gasteiger partial charge in [-0.2, -0.15) is 0 Å². The molecule has 0 saturated heterocycles. The Labute approximate surface area is 108 Å². The van der Waals surface area contributed by atoms with Crippen molar-refractivity contribution in [2.75, 3.05) is 12.3 Å². The molecule has 0 radical (unpaired) electrons. The molecule has 0 unspecified atom stereocenters. The van der Waals surface area contributed by atoms with Crippen LogP contribution >= 0.6 is 0 Å². The van der Waals surface area contributed by atoms with Crippen LogP contribution in [0.5, 0.6) is 0 Å². The number of halogens is 1. The molecule has 102 valence electrons. The molecular formula is C13H20FNO2S. The predicted octanol–water partition coefficient (Wildman–Crippen LogP) is 2.33. The zero-order chi connectivity index (χ0) is 13.6. The number of hydrogen-bond acceptors (Lipinski definition) is 2. The van der Waals surface area contributed by atoms with Crippen LogP contribution in [0.15, 0.2) is 24.3 Å². The Morgan fingerprint density at radius 2 is 1.94 bits per heavy atom. The van der Waals surface area contributed by atoms with Gasteiger partial charge in [-0.05, 0) is 30.4 Å². The Morgan fingerprint density at radius 1 is 1.28 bits per heavy atom. The fraction of sp³-hybridized carbons (Fsp3) is 0.538. The molecule has 1 N–H and O–H groups in total. The molecule has 0 saturated carbocycles. The van der Waals surface area contributed by atoms with E-state index < -0.39 is 10.0 Å². The number of nitrogens with one attached hydrogen (secondary N) is 1. The first-order valence-electron chi connectivity index (χ1n) is 6.11. The van der Waals surface area contributed by atoms with Crippen LogP contribution in [0.25, 0.3) is 0 Å². The predicted molar refractivity (Wildman–Crippen MR) is 71.3 cm³/mol. The van der Waals surface area contributed by atoms with Crippen LogP contribution in [0.4, 0.5) is 4.39 Å². The summed E-state index contributed by atoms with van der Waals surface area (Å²) in [6.07, 6.45) is 1.00. The monoisotopic (exact) mass is 273 g/mol. The summed E-state index contributed by atoms with van der Waals surface area (Å²) in [4.78, 5) is 0. The molecule has 0 amide bonds. The maximum atomic E-state index is 13.3. The van der Waals surface area contributed by atoms with Gasteiger partial charge in [-0.3, -0.25) is 0 Å². The smallest absolute Gasteiger partial charge is 0.211 e. The van der Waals surface area contributed by atoms with E-state index in [1.807, 2.05) is 13.8 Å². The first kappa shape index (κ1) is 15.1. The van der Waals surface area contributed by atoms with Crippen LogP contribution in [0.3, 0.4) is 0 Å². The van der Waals surface area contributed by atoms with Gasteiger partial charge in [0.2, 0.25) is 10.0 Å². The standard InChI is InChI=1S/C13H20FNO2S/c1-11(2)7-9-15-18(16,17)10-8-12-5-3-4-6-13(12)14/h3-6,11,15H,7-10H2,1-2H3. The fourth-order valence-corrected chi connectivity index (χ4v) is 2.58. The van der Waals surface area contributed by atoms with Crippen LogP contribution in [-0.4, -0.2) is 20.7 Å². The maximum Gasteiger partial charge on any atom is 0.211 e. The van der Waals surface area contributed by atoms with E-state index in [1.54, 1.807) is 18.2 Å². The number of rotatable bonds is 7. The van der Waals surface area contributed by atoms with Gasteiger partial charge in [0.1, 0.15) is 5.82 Å². The molecule has 0 bridgehead atoms. The molecule has 0 aliphatic rings. The molecule has 0 atom stereocenters. The van der Waals surface area contributed by atoms with E-state index in [2.05, 4.69) is 4.72 Å². The summed E-state index contributed by atoms with van der Waals surface area (Å²) in [5.74, 6) is 0.0283. The average Bonchev–Trinajstić information content (AvgIpc) is 2.27. The van der Waals surface area contributed by atoms with E-state index in [-0.39, 0.29) is 18.0 Å². The fourth-order valence-electron chi connectivity index (χ4n) is 1.52. The van der Waals surface area contributed by atoms with Gasteiger partial charge in [-0.25, -0.2) is 17.5 Å². The Bertz CT molecular complexity index is 472. The first-order chi connectivity index (χ1) is 8.41. The zero-order valence-corrected chi connectivity index (χ0v) is 11.6. The van der Waals surface area contributed by atoms with Crippen molar-refractivity contribution in [1.82, 2.24) is 4.72 Å². The van der Waals surface area contributed by atoms with Gasteiger partial charge in [0.05, 0.1) is 5.75 Å². The Morgan fingerprint density at radius 3 is 2.56 bits per heavy atom. The van der Waals surface area contributed by atoms with Gasteiger partial charge in [-0.15, -0.1) is 0 Å². The SMILES string of the molecule is CC(C)CCNS(=O)(=O)CCc1ccccc1F. The second-order valence-corrected chi connectivity index (χ2v) is 6.66. The third kappa shape index (κ3) is 5.60. The largest absolute Gasteiger partial charge is 0.215 e. The number of aryl methyl sites for hydroxylation is 1. The topological polar surface area (TPSA) is 46.2 Å². The molecule has 0 aromatic heterocycles. The maximum absolute atomic E-state index is 13.3. The summed E-state index contributed by atoms with van der Waals surface area (Å²) in [7, 11) is -3.31. The van der Waals surface area contributed by atoms with E-state index in [9.17, 15) is 12.8 Å². The minimum atomic E-state index is -3.31. The van der Waals surface area contributed by atoms with Crippen molar-refractivity contribution < 1.29 is 12.8 Å². The molecular weight excluding hydrogens is 253 g/mol. The molecule has 0 heterocycles. The highest BCUT2D eigenvalue weighted by Gasteiger charge is 2.11. The summed E-state index contributed by atoms with van der Waals surface area (Å²) < 4.78 is 39.2. The van der Waals surface area contributed by atoms with Crippen molar-refractivity contribution in [3.05, 3.63) is 35.6 Å². The van der Waals surface area contributed by atoms with Gasteiger partial charge < -0.3 is 0 Å². The van der Waals surface area contributed by atoms with Crippen LogP contribution in [-0.2, 0) is 16.4 Å². The lowest BCUT2D eigenvalue weighted by Gasteiger charge is -2.08. The molecule has 3 nitrogen and oxygen atoms in total. The summed E-state index contributed by atoms with van der Waals surface area (Å²) in [6, 6.07) is 6.25. The molecule has 0 fully saturated rings. The summed E-state index contributed by atoms with van der Waals surface area (Å²) >= 11 is 0. The molecule has 0 aliphatic heterocycles. The molecule has 1 aromatic rings. The quantitative estimate of drug-likeness (QED) is 0.829. The van der Waals surface area contributed by atoms with E-state index in [4.69, 9.17) is 0 Å². The molecule has 1 aromatic carbocycles. The van der Waals surface area contributed by atoms with Gasteiger partial charge in [0, 0.05) is 6.54 Å². The zero-order valence-electron chi connectivity index (χ0n) is 10.8. The van der Waals surface area contributed by atoms with Gasteiger partial charge in [0.15, 0.2) is 0 Å². The minimum Gasteiger partial charge on any atom is -0.215 e. The van der Waals surface area contributed by atoms with Crippen LogP contribution in [0, 0.1) is 11.7 Å². The van der Waals surface area contributed by atoms with Crippen molar-refractivity contribution in [3.63, 3.8) is 0 Å². The normalized spacial score (nSPS) is 12.0. The molecule has 1 rings (SSSR count). The highest BCUT2D eigenvalue weighted by atomic mass is 32.2. The summed E-state index contributed by atoms with van der Waals surface area (Å²) in [5, 5.41) is 0. The minimum absolute atomic E-state index is 0.0774. The average molecular weight is 273 g/mol. The number of benzene rings is 1. The van der Waals surface area contributed by atoms with Crippen LogP contribution < -0.4 is 4.72 Å². The highest BCUT2D eigenvalue weighted by Crippen LogP contribution is 2.08. The highest BCUT2D eigenvalue weighted by molar-refractivity contribution is 7.89. The van der Waals surface area contributed by atoms with Crippen molar-refractivity contribution >= 4 is 10.0 Å². The molecule has 5 heteroatoms. The second-order valence-electron chi connectivity index (χ2n) is 4.74. The second kappa shape index (κ2) is 6.85. The summed E-state index contributed by atoms with van der Waals surface area (Å²) in [6.45, 7) is 4.51. The Balaban J connectivity index is 2.45. The van der Waals surface area contributed by atoms with Gasteiger partial charge in [-0.1, -0.05) is 32.0 Å². The van der Waals surface area contributed by atoms with E-state index in [0.29, 0.717) is 18.0 Å². The molecule has 0 spiro atoms. The molecule has 0 aliphatic carbocycles. The lowest BCUT2D eigenvalue weighted by atomic mass is 10.1. The van der Waals surface area contributed by atoms with E-state index in [0.717, 1.165) is 6.42 Å². The summed E-state index contributed by atoms with van der Waals surface area (Å²) in [5.41, 5.74) is 0.437. The lowest BCUT2D eigenvalue weighted by Crippen LogP contribution is -2.29. The van der Waals surface area contributed by atoms with Crippen molar-refractivity contribution in [3.8, 4) is 0 Å². The third-order valence-corrected chi connectivity index (χ3v) is 4.03. The number of hydrogen-bond donors (Lipinski definition) is 1. The van der Waals surface area contributed by atoms with Gasteiger partial charge in [0.25, 0.3) is 0 Å². The first-order valence-corrected chi connectivity index (χ1v) is 7.76. The lowest BCUT2D eigenvalue weighted by molar-refractivity contribution is 0.550. The Kier molecular flexibility index (Phi) is 5.75.